The largest absolute Gasteiger partial charge is 0.496 e. The van der Waals surface area contributed by atoms with E-state index in [9.17, 15) is 5.11 Å². The van der Waals surface area contributed by atoms with E-state index in [0.717, 1.165) is 0 Å². The van der Waals surface area contributed by atoms with Crippen LogP contribution in [0, 0.1) is 0 Å². The molecular weight excluding hydrogens is 232 g/mol. The fourth-order valence-electron chi connectivity index (χ4n) is 1.90. The molecule has 96 valence electrons. The molecule has 2 rings (SSSR count). The van der Waals surface area contributed by atoms with Gasteiger partial charge in [-0.1, -0.05) is 6.07 Å². The van der Waals surface area contributed by atoms with Crippen LogP contribution in [0.2, 0.25) is 0 Å². The molecule has 2 aromatic rings. The number of hydrogen-bond acceptors (Lipinski definition) is 4. The molecule has 1 aromatic heterocycles. The molecule has 0 aliphatic carbocycles. The number of nitrogens with zero attached hydrogens (tertiary/aromatic N) is 2. The molecule has 0 aliphatic rings. The second-order valence-electron chi connectivity index (χ2n) is 3.93. The van der Waals surface area contributed by atoms with Crippen LogP contribution in [0.15, 0.2) is 30.6 Å². The van der Waals surface area contributed by atoms with Crippen LogP contribution in [-0.2, 0) is 7.05 Å². The zero-order valence-corrected chi connectivity index (χ0v) is 10.6. The Hall–Kier alpha value is -2.01. The van der Waals surface area contributed by atoms with Crippen LogP contribution in [0.1, 0.15) is 17.2 Å². The second-order valence-corrected chi connectivity index (χ2v) is 3.93. The summed E-state index contributed by atoms with van der Waals surface area (Å²) in [7, 11) is 4.93. The Morgan fingerprint density at radius 3 is 2.28 bits per heavy atom. The molecule has 0 bridgehead atoms. The van der Waals surface area contributed by atoms with Crippen molar-refractivity contribution < 1.29 is 14.6 Å². The Morgan fingerprint density at radius 2 is 1.83 bits per heavy atom. The molecule has 1 heterocycles. The molecule has 0 aliphatic heterocycles. The maximum atomic E-state index is 10.4. The first kappa shape index (κ1) is 12.4. The molecule has 5 heteroatoms. The Kier molecular flexibility index (Phi) is 3.53. The van der Waals surface area contributed by atoms with Gasteiger partial charge in [0.1, 0.15) is 17.6 Å². The van der Waals surface area contributed by atoms with Gasteiger partial charge in [0.15, 0.2) is 0 Å². The summed E-state index contributed by atoms with van der Waals surface area (Å²) in [6, 6.07) is 5.39. The van der Waals surface area contributed by atoms with E-state index in [1.165, 1.54) is 0 Å². The lowest BCUT2D eigenvalue weighted by Gasteiger charge is -2.16. The van der Waals surface area contributed by atoms with Crippen molar-refractivity contribution in [1.82, 2.24) is 9.78 Å². The molecule has 1 N–H and O–H groups in total. The van der Waals surface area contributed by atoms with Crippen LogP contribution in [0.4, 0.5) is 0 Å². The SMILES string of the molecule is COc1cccc(OC)c1C(O)c1cnn(C)c1. The Bertz CT molecular complexity index is 515. The molecule has 0 radical (unpaired) electrons. The van der Waals surface area contributed by atoms with Gasteiger partial charge < -0.3 is 14.6 Å². The van der Waals surface area contributed by atoms with Crippen LogP contribution in [0.3, 0.4) is 0 Å². The highest BCUT2D eigenvalue weighted by molar-refractivity contribution is 5.49. The number of aryl methyl sites for hydroxylation is 1. The summed E-state index contributed by atoms with van der Waals surface area (Å²) in [6.07, 6.45) is 2.55. The van der Waals surface area contributed by atoms with E-state index >= 15 is 0 Å². The quantitative estimate of drug-likeness (QED) is 0.891. The van der Waals surface area contributed by atoms with E-state index in [1.807, 2.05) is 6.07 Å². The summed E-state index contributed by atoms with van der Waals surface area (Å²) < 4.78 is 12.2. The van der Waals surface area contributed by atoms with Crippen molar-refractivity contribution >= 4 is 0 Å². The molecule has 1 atom stereocenters. The van der Waals surface area contributed by atoms with Gasteiger partial charge >= 0.3 is 0 Å². The number of aliphatic hydroxyl groups excluding tert-OH is 1. The Labute approximate surface area is 106 Å². The van der Waals surface area contributed by atoms with Crippen molar-refractivity contribution in [2.24, 2.45) is 7.05 Å². The highest BCUT2D eigenvalue weighted by Crippen LogP contribution is 2.36. The second kappa shape index (κ2) is 5.10. The monoisotopic (exact) mass is 248 g/mol. The maximum absolute atomic E-state index is 10.4. The van der Waals surface area contributed by atoms with Gasteiger partial charge in [0.05, 0.1) is 26.0 Å². The number of aromatic nitrogens is 2. The third-order valence-corrected chi connectivity index (χ3v) is 2.78. The van der Waals surface area contributed by atoms with Crippen LogP contribution >= 0.6 is 0 Å². The van der Waals surface area contributed by atoms with Gasteiger partial charge in [-0.2, -0.15) is 5.10 Å². The van der Waals surface area contributed by atoms with E-state index in [2.05, 4.69) is 5.10 Å². The van der Waals surface area contributed by atoms with Crippen molar-refractivity contribution in [1.29, 1.82) is 0 Å². The molecule has 0 saturated heterocycles. The first-order valence-electron chi connectivity index (χ1n) is 5.55. The normalized spacial score (nSPS) is 12.2. The summed E-state index contributed by atoms with van der Waals surface area (Å²) in [5.41, 5.74) is 1.30. The summed E-state index contributed by atoms with van der Waals surface area (Å²) in [5, 5.41) is 14.5. The lowest BCUT2D eigenvalue weighted by atomic mass is 10.0. The highest BCUT2D eigenvalue weighted by atomic mass is 16.5. The van der Waals surface area contributed by atoms with E-state index in [0.29, 0.717) is 22.6 Å². The fraction of sp³-hybridized carbons (Fsp3) is 0.308. The average molecular weight is 248 g/mol. The fourth-order valence-corrected chi connectivity index (χ4v) is 1.90. The number of hydrogen-bond donors (Lipinski definition) is 1. The zero-order chi connectivity index (χ0) is 13.1. The number of aliphatic hydroxyl groups is 1. The van der Waals surface area contributed by atoms with E-state index in [4.69, 9.17) is 9.47 Å². The molecule has 5 nitrogen and oxygen atoms in total. The van der Waals surface area contributed by atoms with Gasteiger partial charge in [-0.05, 0) is 12.1 Å². The number of benzene rings is 1. The van der Waals surface area contributed by atoms with Gasteiger partial charge in [-0.3, -0.25) is 4.68 Å². The minimum Gasteiger partial charge on any atom is -0.496 e. The van der Waals surface area contributed by atoms with Gasteiger partial charge in [0.25, 0.3) is 0 Å². The topological polar surface area (TPSA) is 56.5 Å². The van der Waals surface area contributed by atoms with E-state index in [-0.39, 0.29) is 0 Å². The van der Waals surface area contributed by atoms with Crippen molar-refractivity contribution in [3.8, 4) is 11.5 Å². The van der Waals surface area contributed by atoms with Crippen LogP contribution in [-0.4, -0.2) is 29.1 Å². The minimum absolute atomic E-state index is 0.589. The average Bonchev–Trinajstić information content (AvgIpc) is 2.83. The van der Waals surface area contributed by atoms with Crippen molar-refractivity contribution in [2.45, 2.75) is 6.10 Å². The molecule has 18 heavy (non-hydrogen) atoms. The minimum atomic E-state index is -0.829. The molecule has 0 fully saturated rings. The number of ether oxygens (including phenoxy) is 2. The molecule has 0 saturated carbocycles. The van der Waals surface area contributed by atoms with Crippen LogP contribution in [0.25, 0.3) is 0 Å². The predicted molar refractivity (Wildman–Crippen MR) is 66.8 cm³/mol. The van der Waals surface area contributed by atoms with Gasteiger partial charge in [-0.25, -0.2) is 0 Å². The Balaban J connectivity index is 2.48. The highest BCUT2D eigenvalue weighted by Gasteiger charge is 2.21. The van der Waals surface area contributed by atoms with Crippen molar-refractivity contribution in [3.05, 3.63) is 41.7 Å². The summed E-state index contributed by atoms with van der Waals surface area (Å²) in [6.45, 7) is 0. The lowest BCUT2D eigenvalue weighted by Crippen LogP contribution is -2.04. The van der Waals surface area contributed by atoms with Crippen LogP contribution < -0.4 is 9.47 Å². The summed E-state index contributed by atoms with van der Waals surface area (Å²) >= 11 is 0. The van der Waals surface area contributed by atoms with Gasteiger partial charge in [0, 0.05) is 18.8 Å². The smallest absolute Gasteiger partial charge is 0.128 e. The van der Waals surface area contributed by atoms with Crippen LogP contribution in [0.5, 0.6) is 11.5 Å². The first-order valence-corrected chi connectivity index (χ1v) is 5.55. The van der Waals surface area contributed by atoms with Gasteiger partial charge in [-0.15, -0.1) is 0 Å². The van der Waals surface area contributed by atoms with Crippen molar-refractivity contribution in [2.75, 3.05) is 14.2 Å². The molecule has 1 unspecified atom stereocenters. The third-order valence-electron chi connectivity index (χ3n) is 2.78. The third kappa shape index (κ3) is 2.17. The molecule has 0 spiro atoms. The Morgan fingerprint density at radius 1 is 1.22 bits per heavy atom. The van der Waals surface area contributed by atoms with Crippen molar-refractivity contribution in [3.63, 3.8) is 0 Å². The van der Waals surface area contributed by atoms with Gasteiger partial charge in [0.2, 0.25) is 0 Å². The molecular formula is C13H16N2O3. The summed E-state index contributed by atoms with van der Waals surface area (Å²) in [4.78, 5) is 0. The molecule has 1 aromatic carbocycles. The van der Waals surface area contributed by atoms with E-state index < -0.39 is 6.10 Å². The number of rotatable bonds is 4. The predicted octanol–water partition coefficient (Wildman–Crippen LogP) is 1.52. The number of methoxy groups -OCH3 is 2. The molecule has 0 amide bonds. The maximum Gasteiger partial charge on any atom is 0.128 e. The first-order chi connectivity index (χ1) is 8.67. The van der Waals surface area contributed by atoms with E-state index in [1.54, 1.807) is 50.5 Å². The zero-order valence-electron chi connectivity index (χ0n) is 10.6. The summed E-state index contributed by atoms with van der Waals surface area (Å²) in [5.74, 6) is 1.18. The standard InChI is InChI=1S/C13H16N2O3/c1-15-8-9(7-14-15)13(16)12-10(17-2)5-4-6-11(12)18-3/h4-8,13,16H,1-3H3. The lowest BCUT2D eigenvalue weighted by molar-refractivity contribution is 0.208.